The maximum atomic E-state index is 12.1. The van der Waals surface area contributed by atoms with E-state index in [1.165, 1.54) is 11.8 Å². The van der Waals surface area contributed by atoms with E-state index in [9.17, 15) is 19.2 Å². The summed E-state index contributed by atoms with van der Waals surface area (Å²) in [6.45, 7) is 3.45. The summed E-state index contributed by atoms with van der Waals surface area (Å²) in [7, 11) is 0. The lowest BCUT2D eigenvalue weighted by molar-refractivity contribution is -0.141. The molecule has 9 nitrogen and oxygen atoms in total. The van der Waals surface area contributed by atoms with Crippen LogP contribution in [-0.4, -0.2) is 71.2 Å². The van der Waals surface area contributed by atoms with E-state index in [1.54, 1.807) is 0 Å². The lowest BCUT2D eigenvalue weighted by Gasteiger charge is -2.20. The fourth-order valence-corrected chi connectivity index (χ4v) is 2.85. The Hall–Kier alpha value is -1.46. The Morgan fingerprint density at radius 2 is 1.74 bits per heavy atom. The van der Waals surface area contributed by atoms with Crippen molar-refractivity contribution < 1.29 is 24.3 Å². The van der Waals surface area contributed by atoms with Gasteiger partial charge in [0.15, 0.2) is 0 Å². The summed E-state index contributed by atoms with van der Waals surface area (Å²) in [5.74, 6) is -1.99. The van der Waals surface area contributed by atoms with Crippen LogP contribution in [0.4, 0.5) is 0 Å². The number of carboxylic acid groups (broad SMARTS) is 1. The molecule has 0 aromatic rings. The summed E-state index contributed by atoms with van der Waals surface area (Å²) in [4.78, 5) is 47.1. The molecular formula is C16H30N4O5S2. The Kier molecular flexibility index (Phi) is 12.9. The number of aliphatic carboxylic acids is 1. The average Bonchev–Trinajstić information content (AvgIpc) is 2.59. The number of carbonyl (C=O) groups excluding carboxylic acids is 3. The molecule has 0 aliphatic heterocycles. The van der Waals surface area contributed by atoms with Crippen molar-refractivity contribution in [2.75, 3.05) is 24.3 Å². The van der Waals surface area contributed by atoms with Gasteiger partial charge in [-0.2, -0.15) is 24.4 Å². The van der Waals surface area contributed by atoms with E-state index < -0.39 is 48.4 Å². The first-order valence-corrected chi connectivity index (χ1v) is 10.6. The van der Waals surface area contributed by atoms with Crippen molar-refractivity contribution in [3.63, 3.8) is 0 Å². The summed E-state index contributed by atoms with van der Waals surface area (Å²) >= 11 is 5.50. The second kappa shape index (κ2) is 13.7. The van der Waals surface area contributed by atoms with Crippen molar-refractivity contribution in [1.82, 2.24) is 16.0 Å². The third-order valence-corrected chi connectivity index (χ3v) is 4.55. The lowest BCUT2D eigenvalue weighted by Crippen LogP contribution is -2.54. The number of amides is 3. The summed E-state index contributed by atoms with van der Waals surface area (Å²) in [6.07, 6.45) is 2.58. The van der Waals surface area contributed by atoms with Crippen LogP contribution < -0.4 is 21.7 Å². The molecule has 0 bridgehead atoms. The van der Waals surface area contributed by atoms with Gasteiger partial charge < -0.3 is 26.8 Å². The monoisotopic (exact) mass is 422 g/mol. The van der Waals surface area contributed by atoms with Crippen molar-refractivity contribution in [2.45, 2.75) is 44.8 Å². The first-order chi connectivity index (χ1) is 12.6. The van der Waals surface area contributed by atoms with Crippen LogP contribution in [0.5, 0.6) is 0 Å². The molecule has 0 aliphatic rings. The number of thioether (sulfide) groups is 1. The molecule has 156 valence electrons. The van der Waals surface area contributed by atoms with Crippen molar-refractivity contribution >= 4 is 48.1 Å². The number of thiol groups is 1. The molecule has 0 spiro atoms. The zero-order valence-corrected chi connectivity index (χ0v) is 17.6. The Morgan fingerprint density at radius 3 is 2.22 bits per heavy atom. The van der Waals surface area contributed by atoms with E-state index >= 15 is 0 Å². The minimum absolute atomic E-state index is 0.0269. The van der Waals surface area contributed by atoms with Crippen LogP contribution in [0.2, 0.25) is 0 Å². The van der Waals surface area contributed by atoms with Crippen LogP contribution in [0.3, 0.4) is 0 Å². The molecular weight excluding hydrogens is 392 g/mol. The van der Waals surface area contributed by atoms with E-state index in [2.05, 4.69) is 28.6 Å². The predicted octanol–water partition coefficient (Wildman–Crippen LogP) is -0.787. The van der Waals surface area contributed by atoms with Gasteiger partial charge >= 0.3 is 5.97 Å². The molecule has 0 rings (SSSR count). The molecule has 0 aliphatic carbocycles. The van der Waals surface area contributed by atoms with Crippen LogP contribution in [0.15, 0.2) is 0 Å². The highest BCUT2D eigenvalue weighted by molar-refractivity contribution is 7.98. The molecule has 6 N–H and O–H groups in total. The molecule has 0 saturated carbocycles. The van der Waals surface area contributed by atoms with Crippen molar-refractivity contribution in [3.8, 4) is 0 Å². The zero-order chi connectivity index (χ0) is 21.0. The van der Waals surface area contributed by atoms with Crippen LogP contribution in [0.1, 0.15) is 26.7 Å². The Bertz CT molecular complexity index is 519. The number of nitrogens with one attached hydrogen (secondary N) is 3. The number of rotatable bonds is 13. The maximum Gasteiger partial charge on any atom is 0.326 e. The normalized spacial score (nSPS) is 14.1. The number of carboxylic acids is 1. The first-order valence-electron chi connectivity index (χ1n) is 8.57. The fraction of sp³-hybridized carbons (Fsp3) is 0.750. The molecule has 3 unspecified atom stereocenters. The highest BCUT2D eigenvalue weighted by Crippen LogP contribution is 2.03. The van der Waals surface area contributed by atoms with E-state index in [0.717, 1.165) is 0 Å². The van der Waals surface area contributed by atoms with Gasteiger partial charge in [0.05, 0.1) is 12.6 Å². The van der Waals surface area contributed by atoms with Crippen molar-refractivity contribution in [3.05, 3.63) is 0 Å². The third-order valence-electron chi connectivity index (χ3n) is 3.54. The molecule has 0 fully saturated rings. The second-order valence-corrected chi connectivity index (χ2v) is 7.79. The maximum absolute atomic E-state index is 12.1. The van der Waals surface area contributed by atoms with E-state index in [0.29, 0.717) is 12.2 Å². The first kappa shape index (κ1) is 25.5. The summed E-state index contributed by atoms with van der Waals surface area (Å²) < 4.78 is 0. The Morgan fingerprint density at radius 1 is 1.11 bits per heavy atom. The highest BCUT2D eigenvalue weighted by atomic mass is 32.2. The topological polar surface area (TPSA) is 151 Å². The molecule has 0 aromatic carbocycles. The molecule has 0 heterocycles. The van der Waals surface area contributed by atoms with E-state index in [4.69, 9.17) is 10.8 Å². The molecule has 27 heavy (non-hydrogen) atoms. The Labute approximate surface area is 169 Å². The van der Waals surface area contributed by atoms with Gasteiger partial charge in [0, 0.05) is 5.75 Å². The third kappa shape index (κ3) is 11.1. The van der Waals surface area contributed by atoms with Gasteiger partial charge in [-0.3, -0.25) is 14.4 Å². The van der Waals surface area contributed by atoms with Gasteiger partial charge in [-0.1, -0.05) is 13.8 Å². The number of hydrogen-bond donors (Lipinski definition) is 6. The van der Waals surface area contributed by atoms with Crippen LogP contribution >= 0.6 is 24.4 Å². The average molecular weight is 423 g/mol. The largest absolute Gasteiger partial charge is 0.480 e. The minimum atomic E-state index is -1.14. The number of nitrogens with two attached hydrogens (primary N) is 1. The smallest absolute Gasteiger partial charge is 0.326 e. The zero-order valence-electron chi connectivity index (χ0n) is 15.9. The molecule has 11 heteroatoms. The van der Waals surface area contributed by atoms with Crippen LogP contribution in [0.25, 0.3) is 0 Å². The SMILES string of the molecule is CSCCC(NC(=O)CNC(=O)C(CS)NC(=O)C(N)CC(C)C)C(=O)O. The summed E-state index contributed by atoms with van der Waals surface area (Å²) in [5.41, 5.74) is 5.78. The molecule has 0 aromatic heterocycles. The second-order valence-electron chi connectivity index (χ2n) is 6.44. The molecule has 0 radical (unpaired) electrons. The lowest BCUT2D eigenvalue weighted by atomic mass is 10.0. The predicted molar refractivity (Wildman–Crippen MR) is 109 cm³/mol. The van der Waals surface area contributed by atoms with E-state index in [-0.39, 0.29) is 18.1 Å². The van der Waals surface area contributed by atoms with Gasteiger partial charge in [-0.25, -0.2) is 4.79 Å². The fourth-order valence-electron chi connectivity index (χ4n) is 2.12. The standard InChI is InChI=1S/C16H30N4O5S2/c1-9(2)6-10(17)14(22)20-12(8-26)15(23)18-7-13(21)19-11(16(24)25)4-5-27-3/h9-12,26H,4-8,17H2,1-3H3,(H,18,23)(H,19,21)(H,20,22)(H,24,25). The van der Waals surface area contributed by atoms with Gasteiger partial charge in [0.1, 0.15) is 12.1 Å². The van der Waals surface area contributed by atoms with E-state index in [1.807, 2.05) is 20.1 Å². The quantitative estimate of drug-likeness (QED) is 0.213. The van der Waals surface area contributed by atoms with Crippen LogP contribution in [0, 0.1) is 5.92 Å². The highest BCUT2D eigenvalue weighted by Gasteiger charge is 2.24. The summed E-state index contributed by atoms with van der Waals surface area (Å²) in [5, 5.41) is 16.3. The molecule has 3 amide bonds. The summed E-state index contributed by atoms with van der Waals surface area (Å²) in [6, 6.07) is -2.70. The van der Waals surface area contributed by atoms with Gasteiger partial charge in [-0.15, -0.1) is 0 Å². The minimum Gasteiger partial charge on any atom is -0.480 e. The number of carbonyl (C=O) groups is 4. The Balaban J connectivity index is 4.52. The van der Waals surface area contributed by atoms with Crippen LogP contribution in [-0.2, 0) is 19.2 Å². The van der Waals surface area contributed by atoms with Gasteiger partial charge in [0.2, 0.25) is 17.7 Å². The molecule has 3 atom stereocenters. The number of hydrogen-bond acceptors (Lipinski definition) is 7. The van der Waals surface area contributed by atoms with Crippen molar-refractivity contribution in [1.29, 1.82) is 0 Å². The van der Waals surface area contributed by atoms with Crippen molar-refractivity contribution in [2.24, 2.45) is 11.7 Å². The van der Waals surface area contributed by atoms with Gasteiger partial charge in [0.25, 0.3) is 0 Å². The van der Waals surface area contributed by atoms with Gasteiger partial charge in [-0.05, 0) is 30.8 Å². The molecule has 0 saturated heterocycles.